The molecule has 1 unspecified atom stereocenters. The van der Waals surface area contributed by atoms with Gasteiger partial charge in [0, 0.05) is 5.38 Å². The van der Waals surface area contributed by atoms with Gasteiger partial charge in [-0.05, 0) is 42.1 Å². The topological polar surface area (TPSA) is 55.3 Å². The Balaban J connectivity index is 1.63. The van der Waals surface area contributed by atoms with E-state index in [1.54, 1.807) is 16.3 Å². The molecule has 2 aliphatic rings. The number of rotatable bonds is 2. The molecule has 1 aromatic carbocycles. The molecule has 2 heterocycles. The minimum Gasteiger partial charge on any atom is -0.369 e. The highest BCUT2D eigenvalue weighted by Crippen LogP contribution is 2.42. The number of nitrogens with zero attached hydrogens (tertiary/aromatic N) is 3. The number of amides is 1. The molecular weight excluding hydrogens is 379 g/mol. The summed E-state index contributed by atoms with van der Waals surface area (Å²) >= 11 is 1.10. The number of ether oxygens (including phenoxy) is 1. The van der Waals surface area contributed by atoms with Gasteiger partial charge in [-0.1, -0.05) is 29.5 Å². The Morgan fingerprint density at radius 2 is 2.07 bits per heavy atom. The fourth-order valence-electron chi connectivity index (χ4n) is 4.00. The van der Waals surface area contributed by atoms with Crippen LogP contribution in [0, 0.1) is 0 Å². The predicted molar refractivity (Wildman–Crippen MR) is 92.3 cm³/mol. The molecule has 1 aromatic heterocycles. The zero-order valence-corrected chi connectivity index (χ0v) is 15.2. The summed E-state index contributed by atoms with van der Waals surface area (Å²) in [5, 5.41) is 5.47. The van der Waals surface area contributed by atoms with Crippen LogP contribution < -0.4 is 0 Å². The minimum absolute atomic E-state index is 0.206. The standard InChI is InChI=1S/C18H18F3N3O2S/c19-18(20,21)13-5-3-4-12(8-13)15-9-24(16(25)14-10-27-23-22-14)17(11-26-15)6-1-2-7-17/h3-5,8,10,15H,1-2,6-7,9,11H2. The third-order valence-electron chi connectivity index (χ3n) is 5.42. The van der Waals surface area contributed by atoms with Crippen molar-refractivity contribution in [3.8, 4) is 0 Å². The highest BCUT2D eigenvalue weighted by molar-refractivity contribution is 7.03. The van der Waals surface area contributed by atoms with Crippen molar-refractivity contribution < 1.29 is 22.7 Å². The molecule has 1 aliphatic carbocycles. The van der Waals surface area contributed by atoms with Crippen molar-refractivity contribution in [1.29, 1.82) is 0 Å². The van der Waals surface area contributed by atoms with Crippen LogP contribution in [0.25, 0.3) is 0 Å². The number of benzene rings is 1. The van der Waals surface area contributed by atoms with Crippen molar-refractivity contribution in [3.05, 3.63) is 46.5 Å². The lowest BCUT2D eigenvalue weighted by atomic mass is 9.91. The Morgan fingerprint density at radius 3 is 2.74 bits per heavy atom. The maximum atomic E-state index is 13.0. The van der Waals surface area contributed by atoms with Crippen LogP contribution in [0.2, 0.25) is 0 Å². The summed E-state index contributed by atoms with van der Waals surface area (Å²) in [5.41, 5.74) is -0.423. The first kappa shape index (κ1) is 18.4. The molecule has 4 rings (SSSR count). The first-order valence-electron chi connectivity index (χ1n) is 8.77. The SMILES string of the molecule is O=C(c1csnn1)N1CC(c2cccc(C(F)(F)F)c2)OCC12CCCC2. The van der Waals surface area contributed by atoms with Crippen LogP contribution in [0.5, 0.6) is 0 Å². The van der Waals surface area contributed by atoms with E-state index in [1.165, 1.54) is 6.07 Å². The Hall–Kier alpha value is -2.00. The van der Waals surface area contributed by atoms with Gasteiger partial charge in [-0.3, -0.25) is 4.79 Å². The Labute approximate surface area is 158 Å². The fraction of sp³-hybridized carbons (Fsp3) is 0.500. The summed E-state index contributed by atoms with van der Waals surface area (Å²) in [5.74, 6) is -0.231. The molecular formula is C18H18F3N3O2S. The van der Waals surface area contributed by atoms with Gasteiger partial charge >= 0.3 is 6.18 Å². The van der Waals surface area contributed by atoms with Gasteiger partial charge in [0.2, 0.25) is 0 Å². The number of carbonyl (C=O) groups excluding carboxylic acids is 1. The van der Waals surface area contributed by atoms with E-state index in [1.807, 2.05) is 0 Å². The average Bonchev–Trinajstić information content (AvgIpc) is 3.34. The second-order valence-electron chi connectivity index (χ2n) is 7.06. The summed E-state index contributed by atoms with van der Waals surface area (Å²) < 4.78 is 48.9. The van der Waals surface area contributed by atoms with Gasteiger partial charge in [0.05, 0.1) is 24.3 Å². The van der Waals surface area contributed by atoms with Crippen molar-refractivity contribution in [2.45, 2.75) is 43.5 Å². The highest BCUT2D eigenvalue weighted by atomic mass is 32.1. The van der Waals surface area contributed by atoms with Gasteiger partial charge in [0.1, 0.15) is 6.10 Å². The van der Waals surface area contributed by atoms with Crippen LogP contribution in [0.1, 0.15) is 53.4 Å². The number of morpholine rings is 1. The number of alkyl halides is 3. The zero-order chi connectivity index (χ0) is 19.1. The van der Waals surface area contributed by atoms with Crippen LogP contribution >= 0.6 is 11.5 Å². The molecule has 144 valence electrons. The van der Waals surface area contributed by atoms with Crippen molar-refractivity contribution in [2.24, 2.45) is 0 Å². The molecule has 2 aromatic rings. The van der Waals surface area contributed by atoms with E-state index in [2.05, 4.69) is 9.59 Å². The van der Waals surface area contributed by atoms with Crippen molar-refractivity contribution in [3.63, 3.8) is 0 Å². The first-order chi connectivity index (χ1) is 12.9. The molecule has 2 fully saturated rings. The second-order valence-corrected chi connectivity index (χ2v) is 7.67. The number of carbonyl (C=O) groups is 1. The zero-order valence-electron chi connectivity index (χ0n) is 14.4. The lowest BCUT2D eigenvalue weighted by Gasteiger charge is -2.47. The van der Waals surface area contributed by atoms with Crippen molar-refractivity contribution in [1.82, 2.24) is 14.5 Å². The van der Waals surface area contributed by atoms with Gasteiger partial charge in [0.25, 0.3) is 5.91 Å². The fourth-order valence-corrected chi connectivity index (χ4v) is 4.43. The van der Waals surface area contributed by atoms with E-state index in [-0.39, 0.29) is 18.1 Å². The van der Waals surface area contributed by atoms with Crippen LogP contribution in [-0.2, 0) is 10.9 Å². The molecule has 27 heavy (non-hydrogen) atoms. The van der Waals surface area contributed by atoms with Gasteiger partial charge in [-0.15, -0.1) is 5.10 Å². The number of aromatic nitrogens is 2. The Bertz CT molecular complexity index is 820. The van der Waals surface area contributed by atoms with Gasteiger partial charge in [-0.2, -0.15) is 13.2 Å². The van der Waals surface area contributed by atoms with Crippen LogP contribution in [0.4, 0.5) is 13.2 Å². The summed E-state index contributed by atoms with van der Waals surface area (Å²) in [4.78, 5) is 14.8. The monoisotopic (exact) mass is 397 g/mol. The maximum absolute atomic E-state index is 13.0. The second kappa shape index (κ2) is 6.87. The van der Waals surface area contributed by atoms with Crippen LogP contribution in [0.3, 0.4) is 0 Å². The van der Waals surface area contributed by atoms with E-state index in [9.17, 15) is 18.0 Å². The number of halogens is 3. The van der Waals surface area contributed by atoms with E-state index >= 15 is 0 Å². The smallest absolute Gasteiger partial charge is 0.369 e. The summed E-state index contributed by atoms with van der Waals surface area (Å²) in [6.07, 6.45) is -1.38. The van der Waals surface area contributed by atoms with E-state index in [0.29, 0.717) is 12.2 Å². The lowest BCUT2D eigenvalue weighted by Crippen LogP contribution is -2.58. The third kappa shape index (κ3) is 3.45. The minimum atomic E-state index is -4.42. The molecule has 1 atom stereocenters. The molecule has 9 heteroatoms. The maximum Gasteiger partial charge on any atom is 0.416 e. The molecule has 1 amide bonds. The molecule has 1 saturated heterocycles. The van der Waals surface area contributed by atoms with Gasteiger partial charge < -0.3 is 9.64 Å². The van der Waals surface area contributed by atoms with E-state index < -0.39 is 23.4 Å². The van der Waals surface area contributed by atoms with Crippen LogP contribution in [0.15, 0.2) is 29.6 Å². The Morgan fingerprint density at radius 1 is 1.30 bits per heavy atom. The average molecular weight is 397 g/mol. The quantitative estimate of drug-likeness (QED) is 0.766. The van der Waals surface area contributed by atoms with E-state index in [4.69, 9.17) is 4.74 Å². The molecule has 0 bridgehead atoms. The van der Waals surface area contributed by atoms with Gasteiger partial charge in [0.15, 0.2) is 5.69 Å². The molecule has 5 nitrogen and oxygen atoms in total. The summed E-state index contributed by atoms with van der Waals surface area (Å²) in [7, 11) is 0. The highest BCUT2D eigenvalue weighted by Gasteiger charge is 2.47. The summed E-state index contributed by atoms with van der Waals surface area (Å²) in [6, 6.07) is 5.12. The third-order valence-corrected chi connectivity index (χ3v) is 5.92. The first-order valence-corrected chi connectivity index (χ1v) is 9.60. The molecule has 1 aliphatic heterocycles. The largest absolute Gasteiger partial charge is 0.416 e. The molecule has 0 radical (unpaired) electrons. The predicted octanol–water partition coefficient (Wildman–Crippen LogP) is 4.08. The Kier molecular flexibility index (Phi) is 4.67. The lowest BCUT2D eigenvalue weighted by molar-refractivity contribution is -0.138. The number of hydrogen-bond acceptors (Lipinski definition) is 5. The molecule has 1 saturated carbocycles. The van der Waals surface area contributed by atoms with Crippen molar-refractivity contribution in [2.75, 3.05) is 13.2 Å². The van der Waals surface area contributed by atoms with Crippen molar-refractivity contribution >= 4 is 17.4 Å². The summed E-state index contributed by atoms with van der Waals surface area (Å²) in [6.45, 7) is 0.523. The molecule has 1 spiro atoms. The number of hydrogen-bond donors (Lipinski definition) is 0. The normalized spacial score (nSPS) is 22.3. The van der Waals surface area contributed by atoms with Crippen LogP contribution in [-0.4, -0.2) is 39.1 Å². The van der Waals surface area contributed by atoms with Gasteiger partial charge in [-0.25, -0.2) is 0 Å². The van der Waals surface area contributed by atoms with E-state index in [0.717, 1.165) is 49.3 Å². The molecule has 0 N–H and O–H groups in total.